The van der Waals surface area contributed by atoms with Gasteiger partial charge in [-0.15, -0.1) is 0 Å². The fourth-order valence-corrected chi connectivity index (χ4v) is 1.90. The van der Waals surface area contributed by atoms with Gasteiger partial charge in [-0.3, -0.25) is 0 Å². The first-order valence-corrected chi connectivity index (χ1v) is 4.96. The van der Waals surface area contributed by atoms with Gasteiger partial charge in [-0.1, -0.05) is 20.8 Å². The van der Waals surface area contributed by atoms with Crippen LogP contribution in [0.15, 0.2) is 0 Å². The zero-order valence-electron chi connectivity index (χ0n) is 8.45. The molecule has 1 heterocycles. The van der Waals surface area contributed by atoms with Crippen LogP contribution in [0.4, 0.5) is 0 Å². The van der Waals surface area contributed by atoms with Crippen molar-refractivity contribution in [2.75, 3.05) is 26.2 Å². The lowest BCUT2D eigenvalue weighted by Gasteiger charge is -2.18. The van der Waals surface area contributed by atoms with Gasteiger partial charge in [0.25, 0.3) is 0 Å². The van der Waals surface area contributed by atoms with E-state index in [1.165, 1.54) is 13.1 Å². The van der Waals surface area contributed by atoms with Crippen molar-refractivity contribution in [3.05, 3.63) is 0 Å². The molecule has 1 aliphatic rings. The van der Waals surface area contributed by atoms with E-state index in [9.17, 15) is 0 Å². The van der Waals surface area contributed by atoms with Crippen molar-refractivity contribution in [3.8, 4) is 0 Å². The molecule has 3 unspecified atom stereocenters. The Labute approximate surface area is 75.6 Å². The largest absolute Gasteiger partial charge is 0.396 e. The number of nitrogens with zero attached hydrogens (tertiary/aromatic N) is 1. The van der Waals surface area contributed by atoms with Gasteiger partial charge in [0.05, 0.1) is 0 Å². The molecule has 0 aromatic heterocycles. The number of aliphatic hydroxyl groups is 1. The van der Waals surface area contributed by atoms with E-state index in [1.54, 1.807) is 0 Å². The highest BCUT2D eigenvalue weighted by atomic mass is 16.3. The smallest absolute Gasteiger partial charge is 0.0468 e. The fourth-order valence-electron chi connectivity index (χ4n) is 1.90. The molecule has 2 heteroatoms. The van der Waals surface area contributed by atoms with Crippen LogP contribution in [0.25, 0.3) is 0 Å². The van der Waals surface area contributed by atoms with Gasteiger partial charge in [0.15, 0.2) is 0 Å². The molecule has 0 aromatic carbocycles. The first kappa shape index (κ1) is 10.0. The molecule has 1 saturated heterocycles. The molecule has 3 atom stereocenters. The lowest BCUT2D eigenvalue weighted by atomic mass is 10.0. The molecule has 1 rings (SSSR count). The zero-order valence-corrected chi connectivity index (χ0v) is 8.45. The molecule has 0 spiro atoms. The fraction of sp³-hybridized carbons (Fsp3) is 1.00. The molecular formula is C10H21NO. The highest BCUT2D eigenvalue weighted by Crippen LogP contribution is 2.22. The molecule has 0 radical (unpaired) electrons. The maximum atomic E-state index is 8.90. The summed E-state index contributed by atoms with van der Waals surface area (Å²) in [6, 6.07) is 0. The Hall–Kier alpha value is -0.0800. The predicted molar refractivity (Wildman–Crippen MR) is 51.0 cm³/mol. The van der Waals surface area contributed by atoms with Crippen molar-refractivity contribution in [1.82, 2.24) is 4.90 Å². The summed E-state index contributed by atoms with van der Waals surface area (Å²) in [6.07, 6.45) is 0. The quantitative estimate of drug-likeness (QED) is 0.690. The third kappa shape index (κ3) is 2.46. The van der Waals surface area contributed by atoms with Crippen molar-refractivity contribution < 1.29 is 5.11 Å². The van der Waals surface area contributed by atoms with Gasteiger partial charge in [-0.2, -0.15) is 0 Å². The SMILES string of the molecule is CC(CO)CN1CC(C)C(C)C1. The van der Waals surface area contributed by atoms with Gasteiger partial charge < -0.3 is 10.0 Å². The van der Waals surface area contributed by atoms with E-state index >= 15 is 0 Å². The van der Waals surface area contributed by atoms with Crippen LogP contribution in [-0.2, 0) is 0 Å². The Kier molecular flexibility index (Phi) is 3.53. The summed E-state index contributed by atoms with van der Waals surface area (Å²) in [5.74, 6) is 2.09. The highest BCUT2D eigenvalue weighted by Gasteiger charge is 2.26. The van der Waals surface area contributed by atoms with Gasteiger partial charge >= 0.3 is 0 Å². The molecule has 0 saturated carbocycles. The van der Waals surface area contributed by atoms with Gasteiger partial charge in [-0.05, 0) is 17.8 Å². The summed E-state index contributed by atoms with van der Waals surface area (Å²) >= 11 is 0. The molecule has 72 valence electrons. The Balaban J connectivity index is 2.27. The summed E-state index contributed by atoms with van der Waals surface area (Å²) in [5, 5.41) is 8.90. The molecule has 0 bridgehead atoms. The van der Waals surface area contributed by atoms with Crippen molar-refractivity contribution in [2.24, 2.45) is 17.8 Å². The minimum absolute atomic E-state index is 0.319. The standard InChI is InChI=1S/C10H21NO/c1-8(7-12)4-11-5-9(2)10(3)6-11/h8-10,12H,4-7H2,1-3H3. The molecule has 2 nitrogen and oxygen atoms in total. The Morgan fingerprint density at radius 3 is 2.25 bits per heavy atom. The van der Waals surface area contributed by atoms with Crippen LogP contribution in [0.3, 0.4) is 0 Å². The Morgan fingerprint density at radius 1 is 1.33 bits per heavy atom. The van der Waals surface area contributed by atoms with E-state index in [0.717, 1.165) is 18.4 Å². The zero-order chi connectivity index (χ0) is 9.14. The number of likely N-dealkylation sites (tertiary alicyclic amines) is 1. The summed E-state index contributed by atoms with van der Waals surface area (Å²) in [5.41, 5.74) is 0. The summed E-state index contributed by atoms with van der Waals surface area (Å²) in [7, 11) is 0. The Morgan fingerprint density at radius 2 is 1.83 bits per heavy atom. The number of rotatable bonds is 3. The number of hydrogen-bond donors (Lipinski definition) is 1. The van der Waals surface area contributed by atoms with E-state index in [1.807, 2.05) is 0 Å². The third-order valence-electron chi connectivity index (χ3n) is 2.95. The van der Waals surface area contributed by atoms with E-state index in [4.69, 9.17) is 5.11 Å². The lowest BCUT2D eigenvalue weighted by molar-refractivity contribution is 0.187. The molecule has 1 N–H and O–H groups in total. The van der Waals surface area contributed by atoms with Gasteiger partial charge in [-0.25, -0.2) is 0 Å². The van der Waals surface area contributed by atoms with Crippen molar-refractivity contribution in [2.45, 2.75) is 20.8 Å². The summed E-state index contributed by atoms with van der Waals surface area (Å²) < 4.78 is 0. The Bertz CT molecular complexity index is 128. The van der Waals surface area contributed by atoms with Crippen molar-refractivity contribution in [1.29, 1.82) is 0 Å². The van der Waals surface area contributed by atoms with Crippen LogP contribution in [0.1, 0.15) is 20.8 Å². The van der Waals surface area contributed by atoms with Gasteiger partial charge in [0, 0.05) is 26.2 Å². The third-order valence-corrected chi connectivity index (χ3v) is 2.95. The molecule has 1 fully saturated rings. The molecule has 1 aliphatic heterocycles. The molecule has 12 heavy (non-hydrogen) atoms. The number of hydrogen-bond acceptors (Lipinski definition) is 2. The second-order valence-electron chi connectivity index (χ2n) is 4.46. The van der Waals surface area contributed by atoms with Crippen LogP contribution in [0, 0.1) is 17.8 Å². The maximum Gasteiger partial charge on any atom is 0.0468 e. The van der Waals surface area contributed by atoms with Crippen LogP contribution in [0.2, 0.25) is 0 Å². The van der Waals surface area contributed by atoms with Gasteiger partial charge in [0.2, 0.25) is 0 Å². The van der Waals surface area contributed by atoms with Crippen LogP contribution >= 0.6 is 0 Å². The minimum atomic E-state index is 0.319. The lowest BCUT2D eigenvalue weighted by Crippen LogP contribution is -2.27. The highest BCUT2D eigenvalue weighted by molar-refractivity contribution is 4.79. The second-order valence-corrected chi connectivity index (χ2v) is 4.46. The van der Waals surface area contributed by atoms with E-state index in [-0.39, 0.29) is 0 Å². The minimum Gasteiger partial charge on any atom is -0.396 e. The summed E-state index contributed by atoms with van der Waals surface area (Å²) in [6.45, 7) is 10.5. The first-order valence-electron chi connectivity index (χ1n) is 4.96. The predicted octanol–water partition coefficient (Wildman–Crippen LogP) is 1.20. The van der Waals surface area contributed by atoms with Crippen molar-refractivity contribution >= 4 is 0 Å². The average Bonchev–Trinajstić information content (AvgIpc) is 2.31. The summed E-state index contributed by atoms with van der Waals surface area (Å²) in [4.78, 5) is 2.47. The first-order chi connectivity index (χ1) is 5.63. The molecule has 0 amide bonds. The van der Waals surface area contributed by atoms with Crippen LogP contribution < -0.4 is 0 Å². The maximum absolute atomic E-state index is 8.90. The topological polar surface area (TPSA) is 23.5 Å². The van der Waals surface area contributed by atoms with Crippen molar-refractivity contribution in [3.63, 3.8) is 0 Å². The van der Waals surface area contributed by atoms with E-state index < -0.39 is 0 Å². The molecule has 0 aliphatic carbocycles. The van der Waals surface area contributed by atoms with Crippen LogP contribution in [0.5, 0.6) is 0 Å². The van der Waals surface area contributed by atoms with E-state index in [0.29, 0.717) is 12.5 Å². The van der Waals surface area contributed by atoms with Crippen LogP contribution in [-0.4, -0.2) is 36.2 Å². The second kappa shape index (κ2) is 4.24. The normalized spacial score (nSPS) is 34.0. The number of aliphatic hydroxyl groups excluding tert-OH is 1. The van der Waals surface area contributed by atoms with Gasteiger partial charge in [0.1, 0.15) is 0 Å². The monoisotopic (exact) mass is 171 g/mol. The molecule has 0 aromatic rings. The van der Waals surface area contributed by atoms with E-state index in [2.05, 4.69) is 25.7 Å². The molecular weight excluding hydrogens is 150 g/mol. The average molecular weight is 171 g/mol.